The van der Waals surface area contributed by atoms with Gasteiger partial charge in [-0.05, 0) is 17.7 Å². The van der Waals surface area contributed by atoms with Crippen LogP contribution in [0.1, 0.15) is 16.3 Å². The third-order valence-corrected chi connectivity index (χ3v) is 3.17. The lowest BCUT2D eigenvalue weighted by Gasteiger charge is -1.99. The molecule has 0 bridgehead atoms. The third kappa shape index (κ3) is 3.10. The highest BCUT2D eigenvalue weighted by Gasteiger charge is 2.08. The predicted molar refractivity (Wildman–Crippen MR) is 62.6 cm³/mol. The van der Waals surface area contributed by atoms with Crippen molar-refractivity contribution in [3.8, 4) is 0 Å². The van der Waals surface area contributed by atoms with Gasteiger partial charge in [0.1, 0.15) is 0 Å². The molecule has 0 aliphatic heterocycles. The summed E-state index contributed by atoms with van der Waals surface area (Å²) in [5.74, 6) is -2.72. The molecule has 0 amide bonds. The second kappa shape index (κ2) is 5.22. The van der Waals surface area contributed by atoms with Crippen molar-refractivity contribution >= 4 is 17.3 Å². The molecule has 0 saturated heterocycles. The van der Waals surface area contributed by atoms with Crippen LogP contribution in [0.15, 0.2) is 23.6 Å². The van der Waals surface area contributed by atoms with Gasteiger partial charge in [-0.2, -0.15) is 0 Å². The van der Waals surface area contributed by atoms with Crippen LogP contribution in [-0.4, -0.2) is 16.1 Å². The van der Waals surface area contributed by atoms with Crippen LogP contribution in [0.25, 0.3) is 0 Å². The molecule has 1 aromatic heterocycles. The summed E-state index contributed by atoms with van der Waals surface area (Å²) in [7, 11) is 0. The molecule has 6 heteroatoms. The summed E-state index contributed by atoms with van der Waals surface area (Å²) in [5.41, 5.74) is 1.08. The van der Waals surface area contributed by atoms with Gasteiger partial charge in [0.25, 0.3) is 0 Å². The summed E-state index contributed by atoms with van der Waals surface area (Å²) in [6.07, 6.45) is 0.232. The Morgan fingerprint density at radius 3 is 2.78 bits per heavy atom. The zero-order valence-electron chi connectivity index (χ0n) is 9.19. The molecule has 0 atom stereocenters. The number of nitrogens with zero attached hydrogens (tertiary/aromatic N) is 1. The lowest BCUT2D eigenvalue weighted by atomic mass is 10.1. The Morgan fingerprint density at radius 1 is 1.33 bits per heavy atom. The molecule has 1 N–H and O–H groups in total. The fourth-order valence-electron chi connectivity index (χ4n) is 1.49. The SMILES string of the molecule is O=C(O)Cc1csc(Cc2ccc(F)c(F)c2)n1. The third-order valence-electron chi connectivity index (χ3n) is 2.27. The Morgan fingerprint density at radius 2 is 2.11 bits per heavy atom. The van der Waals surface area contributed by atoms with Gasteiger partial charge < -0.3 is 5.11 Å². The van der Waals surface area contributed by atoms with Gasteiger partial charge in [-0.1, -0.05) is 6.07 Å². The zero-order valence-corrected chi connectivity index (χ0v) is 10.0. The highest BCUT2D eigenvalue weighted by Crippen LogP contribution is 2.17. The second-order valence-electron chi connectivity index (χ2n) is 3.73. The van der Waals surface area contributed by atoms with E-state index in [9.17, 15) is 13.6 Å². The number of aromatic nitrogens is 1. The zero-order chi connectivity index (χ0) is 13.1. The quantitative estimate of drug-likeness (QED) is 0.928. The Bertz CT molecular complexity index is 583. The van der Waals surface area contributed by atoms with Gasteiger partial charge in [-0.25, -0.2) is 13.8 Å². The van der Waals surface area contributed by atoms with E-state index < -0.39 is 17.6 Å². The lowest BCUT2D eigenvalue weighted by Crippen LogP contribution is -2.00. The number of thiazole rings is 1. The largest absolute Gasteiger partial charge is 0.481 e. The van der Waals surface area contributed by atoms with E-state index in [4.69, 9.17) is 5.11 Å². The average molecular weight is 269 g/mol. The number of carbonyl (C=O) groups is 1. The molecule has 3 nitrogen and oxygen atoms in total. The van der Waals surface area contributed by atoms with E-state index in [1.807, 2.05) is 0 Å². The van der Waals surface area contributed by atoms with E-state index in [-0.39, 0.29) is 6.42 Å². The molecule has 94 valence electrons. The van der Waals surface area contributed by atoms with Crippen molar-refractivity contribution in [1.82, 2.24) is 4.98 Å². The summed E-state index contributed by atoms with van der Waals surface area (Å²) in [4.78, 5) is 14.6. The fraction of sp³-hybridized carbons (Fsp3) is 0.167. The highest BCUT2D eigenvalue weighted by molar-refractivity contribution is 7.09. The van der Waals surface area contributed by atoms with Crippen molar-refractivity contribution < 1.29 is 18.7 Å². The lowest BCUT2D eigenvalue weighted by molar-refractivity contribution is -0.136. The van der Waals surface area contributed by atoms with Crippen LogP contribution >= 0.6 is 11.3 Å². The first-order valence-electron chi connectivity index (χ1n) is 5.13. The number of rotatable bonds is 4. The van der Waals surface area contributed by atoms with Gasteiger partial charge in [0.05, 0.1) is 17.1 Å². The van der Waals surface area contributed by atoms with E-state index >= 15 is 0 Å². The van der Waals surface area contributed by atoms with E-state index in [1.54, 1.807) is 5.38 Å². The molecule has 0 spiro atoms. The van der Waals surface area contributed by atoms with E-state index in [0.29, 0.717) is 22.7 Å². The smallest absolute Gasteiger partial charge is 0.309 e. The highest BCUT2D eigenvalue weighted by atomic mass is 32.1. The summed E-state index contributed by atoms with van der Waals surface area (Å²) < 4.78 is 25.7. The molecule has 0 radical (unpaired) electrons. The van der Waals surface area contributed by atoms with Crippen molar-refractivity contribution in [2.24, 2.45) is 0 Å². The van der Waals surface area contributed by atoms with E-state index in [2.05, 4.69) is 4.98 Å². The van der Waals surface area contributed by atoms with Gasteiger partial charge in [-0.3, -0.25) is 4.79 Å². The van der Waals surface area contributed by atoms with E-state index in [0.717, 1.165) is 12.1 Å². The standard InChI is InChI=1S/C12H9F2NO2S/c13-9-2-1-7(3-10(9)14)4-11-15-8(6-18-11)5-12(16)17/h1-3,6H,4-5H2,(H,16,17). The van der Waals surface area contributed by atoms with Crippen LogP contribution in [-0.2, 0) is 17.6 Å². The van der Waals surface area contributed by atoms with Crippen LogP contribution in [0.4, 0.5) is 8.78 Å². The Hall–Kier alpha value is -1.82. The topological polar surface area (TPSA) is 50.2 Å². The van der Waals surface area contributed by atoms with Gasteiger partial charge in [0, 0.05) is 11.8 Å². The van der Waals surface area contributed by atoms with Gasteiger partial charge in [0.15, 0.2) is 11.6 Å². The normalized spacial score (nSPS) is 10.6. The Balaban J connectivity index is 2.11. The minimum Gasteiger partial charge on any atom is -0.481 e. The second-order valence-corrected chi connectivity index (χ2v) is 4.67. The van der Waals surface area contributed by atoms with Crippen LogP contribution in [0, 0.1) is 11.6 Å². The molecular formula is C12H9F2NO2S. The summed E-state index contributed by atoms with van der Waals surface area (Å²) in [6, 6.07) is 3.67. The van der Waals surface area contributed by atoms with Crippen LogP contribution in [0.3, 0.4) is 0 Å². The van der Waals surface area contributed by atoms with E-state index in [1.165, 1.54) is 17.4 Å². The van der Waals surface area contributed by atoms with Crippen molar-refractivity contribution in [2.75, 3.05) is 0 Å². The number of carboxylic acid groups (broad SMARTS) is 1. The van der Waals surface area contributed by atoms with Crippen molar-refractivity contribution in [1.29, 1.82) is 0 Å². The molecule has 2 rings (SSSR count). The number of aliphatic carboxylic acids is 1. The molecule has 18 heavy (non-hydrogen) atoms. The number of benzene rings is 1. The van der Waals surface area contributed by atoms with Gasteiger partial charge >= 0.3 is 5.97 Å². The molecule has 0 unspecified atom stereocenters. The molecule has 0 saturated carbocycles. The molecule has 0 fully saturated rings. The van der Waals surface area contributed by atoms with Gasteiger partial charge in [0.2, 0.25) is 0 Å². The summed E-state index contributed by atoms with van der Waals surface area (Å²) in [5, 5.41) is 10.9. The summed E-state index contributed by atoms with van der Waals surface area (Å²) >= 11 is 1.31. The first kappa shape index (κ1) is 12.6. The maximum atomic E-state index is 13.0. The van der Waals surface area contributed by atoms with Crippen LogP contribution in [0.5, 0.6) is 0 Å². The predicted octanol–water partition coefficient (Wildman–Crippen LogP) is 2.64. The monoisotopic (exact) mass is 269 g/mol. The maximum absolute atomic E-state index is 13.0. The molecule has 2 aromatic rings. The number of hydrogen-bond acceptors (Lipinski definition) is 3. The van der Waals surface area contributed by atoms with Crippen molar-refractivity contribution in [3.05, 3.63) is 51.5 Å². The number of halogens is 2. The van der Waals surface area contributed by atoms with Crippen LogP contribution < -0.4 is 0 Å². The first-order chi connectivity index (χ1) is 8.54. The minimum atomic E-state index is -0.945. The molecular weight excluding hydrogens is 260 g/mol. The Labute approximate surface area is 106 Å². The van der Waals surface area contributed by atoms with Crippen molar-refractivity contribution in [3.63, 3.8) is 0 Å². The maximum Gasteiger partial charge on any atom is 0.309 e. The number of carboxylic acids is 1. The molecule has 0 aliphatic carbocycles. The summed E-state index contributed by atoms with van der Waals surface area (Å²) in [6.45, 7) is 0. The molecule has 0 aliphatic rings. The Kier molecular flexibility index (Phi) is 3.66. The fourth-order valence-corrected chi connectivity index (χ4v) is 2.32. The first-order valence-corrected chi connectivity index (χ1v) is 6.01. The minimum absolute atomic E-state index is 0.131. The molecule has 1 aromatic carbocycles. The number of hydrogen-bond donors (Lipinski definition) is 1. The van der Waals surface area contributed by atoms with Crippen molar-refractivity contribution in [2.45, 2.75) is 12.8 Å². The van der Waals surface area contributed by atoms with Crippen LogP contribution in [0.2, 0.25) is 0 Å². The molecule has 1 heterocycles. The average Bonchev–Trinajstić information content (AvgIpc) is 2.70. The van der Waals surface area contributed by atoms with Gasteiger partial charge in [-0.15, -0.1) is 11.3 Å².